The molecule has 1 aliphatic rings. The molecule has 0 radical (unpaired) electrons. The highest BCUT2D eigenvalue weighted by molar-refractivity contribution is 5.52. The summed E-state index contributed by atoms with van der Waals surface area (Å²) in [4.78, 5) is 7.02. The summed E-state index contributed by atoms with van der Waals surface area (Å²) in [6, 6.07) is 10.4. The highest BCUT2D eigenvalue weighted by Crippen LogP contribution is 2.23. The zero-order valence-electron chi connectivity index (χ0n) is 12.2. The summed E-state index contributed by atoms with van der Waals surface area (Å²) in [7, 11) is 0. The number of piperidine rings is 1. The molecule has 1 aromatic heterocycles. The smallest absolute Gasteiger partial charge is 0.226 e. The average Bonchev–Trinajstić information content (AvgIpc) is 2.99. The van der Waals surface area contributed by atoms with Crippen LogP contribution in [0.3, 0.4) is 0 Å². The van der Waals surface area contributed by atoms with E-state index in [9.17, 15) is 5.11 Å². The first-order chi connectivity index (χ1) is 10.4. The molecule has 2 aromatic rings. The Morgan fingerprint density at radius 3 is 2.90 bits per heavy atom. The molecule has 2 heterocycles. The fourth-order valence-corrected chi connectivity index (χ4v) is 3.05. The molecule has 1 saturated heterocycles. The van der Waals surface area contributed by atoms with E-state index in [1.165, 1.54) is 19.3 Å². The van der Waals surface area contributed by atoms with Gasteiger partial charge in [-0.15, -0.1) is 0 Å². The van der Waals surface area contributed by atoms with Crippen LogP contribution in [0.15, 0.2) is 41.0 Å². The monoisotopic (exact) mass is 286 g/mol. The summed E-state index contributed by atoms with van der Waals surface area (Å²) in [5, 5.41) is 9.19. The van der Waals surface area contributed by atoms with E-state index in [0.29, 0.717) is 11.9 Å². The molecule has 4 heteroatoms. The number of hydrogen-bond donors (Lipinski definition) is 1. The Labute approximate surface area is 125 Å². The topological polar surface area (TPSA) is 49.5 Å². The Hall–Kier alpha value is -1.65. The lowest BCUT2D eigenvalue weighted by Gasteiger charge is -2.34. The molecule has 1 aromatic carbocycles. The predicted molar refractivity (Wildman–Crippen MR) is 81.7 cm³/mol. The highest BCUT2D eigenvalue weighted by Gasteiger charge is 2.23. The van der Waals surface area contributed by atoms with E-state index in [-0.39, 0.29) is 6.61 Å². The van der Waals surface area contributed by atoms with Gasteiger partial charge in [0.15, 0.2) is 0 Å². The highest BCUT2D eigenvalue weighted by atomic mass is 16.3. The second-order valence-corrected chi connectivity index (χ2v) is 5.64. The molecule has 112 valence electrons. The number of benzene rings is 1. The lowest BCUT2D eigenvalue weighted by atomic mass is 9.99. The van der Waals surface area contributed by atoms with Gasteiger partial charge in [-0.05, 0) is 37.9 Å². The van der Waals surface area contributed by atoms with Crippen molar-refractivity contribution < 1.29 is 9.52 Å². The molecule has 1 unspecified atom stereocenters. The minimum atomic E-state index is 0.259. The van der Waals surface area contributed by atoms with Crippen LogP contribution in [0, 0.1) is 0 Å². The van der Waals surface area contributed by atoms with Gasteiger partial charge in [-0.2, -0.15) is 0 Å². The van der Waals surface area contributed by atoms with Gasteiger partial charge in [0.1, 0.15) is 6.26 Å². The molecule has 1 atom stereocenters. The van der Waals surface area contributed by atoms with Crippen LogP contribution in [0.4, 0.5) is 0 Å². The molecule has 0 bridgehead atoms. The van der Waals surface area contributed by atoms with E-state index in [1.54, 1.807) is 6.26 Å². The number of aromatic nitrogens is 1. The Morgan fingerprint density at radius 2 is 2.10 bits per heavy atom. The summed E-state index contributed by atoms with van der Waals surface area (Å²) in [6.07, 6.45) is 6.26. The number of hydrogen-bond acceptors (Lipinski definition) is 4. The van der Waals surface area contributed by atoms with E-state index in [4.69, 9.17) is 4.42 Å². The van der Waals surface area contributed by atoms with Crippen LogP contribution in [-0.4, -0.2) is 34.2 Å². The molecular formula is C17H22N2O2. The minimum Gasteiger partial charge on any atom is -0.444 e. The van der Waals surface area contributed by atoms with E-state index in [0.717, 1.165) is 30.8 Å². The third-order valence-electron chi connectivity index (χ3n) is 4.15. The van der Waals surface area contributed by atoms with Gasteiger partial charge in [-0.1, -0.05) is 24.6 Å². The third-order valence-corrected chi connectivity index (χ3v) is 4.15. The van der Waals surface area contributed by atoms with Crippen LogP contribution in [0.5, 0.6) is 0 Å². The molecule has 0 spiro atoms. The molecule has 1 aliphatic heterocycles. The molecule has 1 fully saturated rings. The van der Waals surface area contributed by atoms with Gasteiger partial charge in [0, 0.05) is 24.8 Å². The van der Waals surface area contributed by atoms with Crippen molar-refractivity contribution >= 4 is 0 Å². The average molecular weight is 286 g/mol. The molecule has 0 amide bonds. The SMILES string of the molecule is OCCC1CCCCN1Cc1coc(-c2ccccc2)n1. The third kappa shape index (κ3) is 3.52. The van der Waals surface area contributed by atoms with Crippen molar-refractivity contribution in [3.05, 3.63) is 42.3 Å². The zero-order valence-corrected chi connectivity index (χ0v) is 12.2. The van der Waals surface area contributed by atoms with Crippen molar-refractivity contribution in [1.29, 1.82) is 0 Å². The number of aliphatic hydroxyl groups is 1. The maximum Gasteiger partial charge on any atom is 0.226 e. The first-order valence-electron chi connectivity index (χ1n) is 7.71. The van der Waals surface area contributed by atoms with E-state index in [1.807, 2.05) is 30.3 Å². The molecule has 1 N–H and O–H groups in total. The largest absolute Gasteiger partial charge is 0.444 e. The molecule has 21 heavy (non-hydrogen) atoms. The normalized spacial score (nSPS) is 19.8. The van der Waals surface area contributed by atoms with E-state index in [2.05, 4.69) is 9.88 Å². The second kappa shape index (κ2) is 6.87. The van der Waals surface area contributed by atoms with Crippen LogP contribution in [0.1, 0.15) is 31.4 Å². The Kier molecular flexibility index (Phi) is 4.68. The fraction of sp³-hybridized carbons (Fsp3) is 0.471. The minimum absolute atomic E-state index is 0.259. The van der Waals surface area contributed by atoms with Crippen LogP contribution in [-0.2, 0) is 6.54 Å². The molecule has 4 nitrogen and oxygen atoms in total. The van der Waals surface area contributed by atoms with Crippen molar-refractivity contribution in [3.8, 4) is 11.5 Å². The predicted octanol–water partition coefficient (Wildman–Crippen LogP) is 3.08. The zero-order chi connectivity index (χ0) is 14.5. The van der Waals surface area contributed by atoms with Crippen molar-refractivity contribution in [1.82, 2.24) is 9.88 Å². The molecule has 0 aliphatic carbocycles. The number of rotatable bonds is 5. The number of likely N-dealkylation sites (tertiary alicyclic amines) is 1. The van der Waals surface area contributed by atoms with Gasteiger partial charge in [0.05, 0.1) is 5.69 Å². The van der Waals surface area contributed by atoms with Gasteiger partial charge in [0.2, 0.25) is 5.89 Å². The number of oxazole rings is 1. The van der Waals surface area contributed by atoms with Gasteiger partial charge in [-0.25, -0.2) is 4.98 Å². The van der Waals surface area contributed by atoms with Crippen LogP contribution < -0.4 is 0 Å². The van der Waals surface area contributed by atoms with Crippen LogP contribution in [0.2, 0.25) is 0 Å². The van der Waals surface area contributed by atoms with Gasteiger partial charge in [0.25, 0.3) is 0 Å². The maximum atomic E-state index is 9.19. The van der Waals surface area contributed by atoms with Crippen LogP contribution >= 0.6 is 0 Å². The van der Waals surface area contributed by atoms with Crippen molar-refractivity contribution in [2.75, 3.05) is 13.2 Å². The Balaban J connectivity index is 1.69. The molecular weight excluding hydrogens is 264 g/mol. The summed E-state index contributed by atoms with van der Waals surface area (Å²) < 4.78 is 5.60. The standard InChI is InChI=1S/C17H22N2O2/c20-11-9-16-8-4-5-10-19(16)12-15-13-21-17(18-15)14-6-2-1-3-7-14/h1-3,6-7,13,16,20H,4-5,8-12H2. The maximum absolute atomic E-state index is 9.19. The van der Waals surface area contributed by atoms with Crippen molar-refractivity contribution in [3.63, 3.8) is 0 Å². The second-order valence-electron chi connectivity index (χ2n) is 5.64. The van der Waals surface area contributed by atoms with E-state index < -0.39 is 0 Å². The van der Waals surface area contributed by atoms with Gasteiger partial charge in [-0.3, -0.25) is 4.90 Å². The van der Waals surface area contributed by atoms with Crippen molar-refractivity contribution in [2.24, 2.45) is 0 Å². The summed E-state index contributed by atoms with van der Waals surface area (Å²) in [6.45, 7) is 2.15. The summed E-state index contributed by atoms with van der Waals surface area (Å²) >= 11 is 0. The van der Waals surface area contributed by atoms with Crippen molar-refractivity contribution in [2.45, 2.75) is 38.3 Å². The summed E-state index contributed by atoms with van der Waals surface area (Å²) in [5.74, 6) is 0.682. The van der Waals surface area contributed by atoms with Gasteiger partial charge < -0.3 is 9.52 Å². The quantitative estimate of drug-likeness (QED) is 0.917. The number of aliphatic hydroxyl groups excluding tert-OH is 1. The lowest BCUT2D eigenvalue weighted by molar-refractivity contribution is 0.111. The van der Waals surface area contributed by atoms with Gasteiger partial charge >= 0.3 is 0 Å². The fourth-order valence-electron chi connectivity index (χ4n) is 3.05. The molecule has 3 rings (SSSR count). The first kappa shape index (κ1) is 14.3. The van der Waals surface area contributed by atoms with Crippen LogP contribution in [0.25, 0.3) is 11.5 Å². The Morgan fingerprint density at radius 1 is 1.24 bits per heavy atom. The summed E-state index contributed by atoms with van der Waals surface area (Å²) in [5.41, 5.74) is 1.98. The molecule has 0 saturated carbocycles. The first-order valence-corrected chi connectivity index (χ1v) is 7.71. The Bertz CT molecular complexity index is 551. The number of nitrogens with zero attached hydrogens (tertiary/aromatic N) is 2. The lowest BCUT2D eigenvalue weighted by Crippen LogP contribution is -2.39. The van der Waals surface area contributed by atoms with E-state index >= 15 is 0 Å².